The molecule has 1 fully saturated rings. The highest BCUT2D eigenvalue weighted by molar-refractivity contribution is 7.99. The van der Waals surface area contributed by atoms with Crippen LogP contribution >= 0.6 is 11.8 Å². The SMILES string of the molecule is O=[N+]([O-])c1c(Nc2ccc(-c3cc[c]cc3)cc2)ncnc1N1CCC(Sc2ccccn2)CC1. The van der Waals surface area contributed by atoms with Gasteiger partial charge in [-0.25, -0.2) is 15.0 Å². The number of pyridine rings is 1. The van der Waals surface area contributed by atoms with Crippen LogP contribution in [-0.2, 0) is 0 Å². The zero-order valence-corrected chi connectivity index (χ0v) is 19.7. The molecule has 4 aromatic rings. The van der Waals surface area contributed by atoms with Crippen molar-refractivity contribution in [2.24, 2.45) is 0 Å². The summed E-state index contributed by atoms with van der Waals surface area (Å²) < 4.78 is 0. The molecule has 0 spiro atoms. The number of hydrogen-bond acceptors (Lipinski definition) is 8. The number of hydrogen-bond donors (Lipinski definition) is 1. The molecule has 0 saturated carbocycles. The van der Waals surface area contributed by atoms with Gasteiger partial charge < -0.3 is 10.2 Å². The van der Waals surface area contributed by atoms with E-state index in [-0.39, 0.29) is 11.5 Å². The molecule has 0 unspecified atom stereocenters. The molecule has 2 aromatic heterocycles. The van der Waals surface area contributed by atoms with Crippen molar-refractivity contribution in [1.29, 1.82) is 0 Å². The highest BCUT2D eigenvalue weighted by atomic mass is 32.2. The van der Waals surface area contributed by atoms with Crippen molar-refractivity contribution < 1.29 is 4.92 Å². The lowest BCUT2D eigenvalue weighted by Gasteiger charge is -2.32. The highest BCUT2D eigenvalue weighted by Crippen LogP contribution is 2.37. The van der Waals surface area contributed by atoms with Crippen molar-refractivity contribution >= 4 is 34.8 Å². The number of piperidine rings is 1. The first kappa shape index (κ1) is 22.8. The molecule has 1 aliphatic rings. The van der Waals surface area contributed by atoms with Crippen molar-refractivity contribution in [3.8, 4) is 11.1 Å². The largest absolute Gasteiger partial charge is 0.353 e. The Morgan fingerprint density at radius 1 is 0.971 bits per heavy atom. The average molecular weight is 484 g/mol. The fourth-order valence-corrected chi connectivity index (χ4v) is 5.16. The smallest absolute Gasteiger partial charge is 0.351 e. The number of rotatable bonds is 7. The van der Waals surface area contributed by atoms with Gasteiger partial charge in [-0.05, 0) is 54.3 Å². The van der Waals surface area contributed by atoms with E-state index < -0.39 is 4.92 Å². The predicted octanol–water partition coefficient (Wildman–Crippen LogP) is 5.75. The molecule has 0 aliphatic carbocycles. The summed E-state index contributed by atoms with van der Waals surface area (Å²) in [5.41, 5.74) is 2.74. The highest BCUT2D eigenvalue weighted by Gasteiger charge is 2.30. The number of nitrogens with zero attached hydrogens (tertiary/aromatic N) is 5. The number of aromatic nitrogens is 3. The Kier molecular flexibility index (Phi) is 6.85. The molecule has 1 radical (unpaired) electrons. The molecule has 1 N–H and O–H groups in total. The first-order valence-corrected chi connectivity index (χ1v) is 12.2. The van der Waals surface area contributed by atoms with E-state index in [1.165, 1.54) is 6.33 Å². The average Bonchev–Trinajstić information content (AvgIpc) is 2.90. The number of nitrogens with one attached hydrogen (secondary N) is 1. The molecule has 3 heterocycles. The second-order valence-electron chi connectivity index (χ2n) is 8.11. The molecule has 5 rings (SSSR count). The Bertz CT molecular complexity index is 1280. The maximum atomic E-state index is 12.1. The predicted molar refractivity (Wildman–Crippen MR) is 138 cm³/mol. The van der Waals surface area contributed by atoms with Crippen LogP contribution in [0.25, 0.3) is 11.1 Å². The maximum Gasteiger partial charge on any atom is 0.353 e. The van der Waals surface area contributed by atoms with Crippen LogP contribution < -0.4 is 10.2 Å². The van der Waals surface area contributed by atoms with Crippen LogP contribution in [0.3, 0.4) is 0 Å². The second-order valence-corrected chi connectivity index (χ2v) is 9.44. The van der Waals surface area contributed by atoms with Gasteiger partial charge in [0.05, 0.1) is 9.95 Å². The van der Waals surface area contributed by atoms with Crippen LogP contribution in [0.4, 0.5) is 23.0 Å². The molecule has 0 bridgehead atoms. The molecule has 9 heteroatoms. The third-order valence-corrected chi connectivity index (χ3v) is 7.14. The molecule has 175 valence electrons. The topological polar surface area (TPSA) is 97.1 Å². The molecule has 35 heavy (non-hydrogen) atoms. The van der Waals surface area contributed by atoms with Gasteiger partial charge in [-0.15, -0.1) is 11.8 Å². The zero-order chi connectivity index (χ0) is 24.0. The van der Waals surface area contributed by atoms with Gasteiger partial charge in [0, 0.05) is 30.2 Å². The van der Waals surface area contributed by atoms with Crippen LogP contribution in [0.2, 0.25) is 0 Å². The summed E-state index contributed by atoms with van der Waals surface area (Å²) in [6.45, 7) is 1.37. The first-order chi connectivity index (χ1) is 17.2. The summed E-state index contributed by atoms with van der Waals surface area (Å²) in [5.74, 6) is 0.540. The lowest BCUT2D eigenvalue weighted by molar-refractivity contribution is -0.383. The Labute approximate surface area is 207 Å². The van der Waals surface area contributed by atoms with Crippen molar-refractivity contribution in [3.05, 3.63) is 95.4 Å². The number of anilines is 3. The van der Waals surface area contributed by atoms with Crippen LogP contribution in [0.15, 0.2) is 84.3 Å². The number of thioether (sulfide) groups is 1. The summed E-state index contributed by atoms with van der Waals surface area (Å²) >= 11 is 1.76. The fourth-order valence-electron chi connectivity index (χ4n) is 4.10. The minimum Gasteiger partial charge on any atom is -0.351 e. The van der Waals surface area contributed by atoms with Gasteiger partial charge in [-0.2, -0.15) is 0 Å². The standard InChI is InChI=1S/C26H23N6O2S/c33-32(34)24-25(30-21-11-9-20(10-12-21)19-6-2-1-3-7-19)28-18-29-26(24)31-16-13-22(14-17-31)35-23-8-4-5-15-27-23/h2-12,15,18,22H,13-14,16-17H2,(H,28,29,30). The molecule has 0 amide bonds. The van der Waals surface area contributed by atoms with Gasteiger partial charge >= 0.3 is 5.69 Å². The van der Waals surface area contributed by atoms with Crippen LogP contribution in [0.5, 0.6) is 0 Å². The minimum absolute atomic E-state index is 0.106. The van der Waals surface area contributed by atoms with Gasteiger partial charge in [0.25, 0.3) is 0 Å². The van der Waals surface area contributed by atoms with Crippen LogP contribution in [0, 0.1) is 16.2 Å². The molecule has 0 atom stereocenters. The Morgan fingerprint density at radius 3 is 2.40 bits per heavy atom. The van der Waals surface area contributed by atoms with E-state index in [1.54, 1.807) is 18.0 Å². The molecular weight excluding hydrogens is 460 g/mol. The van der Waals surface area contributed by atoms with E-state index in [1.807, 2.05) is 71.6 Å². The van der Waals surface area contributed by atoms with Gasteiger partial charge in [0.1, 0.15) is 6.33 Å². The van der Waals surface area contributed by atoms with Crippen molar-refractivity contribution in [2.75, 3.05) is 23.3 Å². The van der Waals surface area contributed by atoms with Crippen molar-refractivity contribution in [1.82, 2.24) is 15.0 Å². The van der Waals surface area contributed by atoms with Crippen LogP contribution in [-0.4, -0.2) is 38.2 Å². The zero-order valence-electron chi connectivity index (χ0n) is 18.9. The molecule has 8 nitrogen and oxygen atoms in total. The monoisotopic (exact) mass is 483 g/mol. The maximum absolute atomic E-state index is 12.1. The quantitative estimate of drug-likeness (QED) is 0.262. The van der Waals surface area contributed by atoms with Gasteiger partial charge in [-0.1, -0.05) is 42.5 Å². The third kappa shape index (κ3) is 5.41. The first-order valence-electron chi connectivity index (χ1n) is 11.3. The number of nitro groups is 1. The fraction of sp³-hybridized carbons (Fsp3) is 0.192. The summed E-state index contributed by atoms with van der Waals surface area (Å²) in [4.78, 5) is 26.5. The van der Waals surface area contributed by atoms with E-state index in [4.69, 9.17) is 0 Å². The van der Waals surface area contributed by atoms with E-state index in [0.717, 1.165) is 34.7 Å². The Morgan fingerprint density at radius 2 is 1.71 bits per heavy atom. The molecule has 2 aromatic carbocycles. The van der Waals surface area contributed by atoms with Gasteiger partial charge in [0.2, 0.25) is 11.6 Å². The summed E-state index contributed by atoms with van der Waals surface area (Å²) in [6, 6.07) is 24.3. The summed E-state index contributed by atoms with van der Waals surface area (Å²) in [5, 5.41) is 16.6. The Balaban J connectivity index is 1.31. The summed E-state index contributed by atoms with van der Waals surface area (Å²) in [6.07, 6.45) is 4.96. The van der Waals surface area contributed by atoms with Gasteiger partial charge in [0.15, 0.2) is 0 Å². The normalized spacial score (nSPS) is 14.0. The summed E-state index contributed by atoms with van der Waals surface area (Å²) in [7, 11) is 0. The second kappa shape index (κ2) is 10.5. The number of benzene rings is 2. The molecular formula is C26H23N6O2S. The van der Waals surface area contributed by atoms with E-state index in [2.05, 4.69) is 26.3 Å². The van der Waals surface area contributed by atoms with Gasteiger partial charge in [-0.3, -0.25) is 10.1 Å². The third-order valence-electron chi connectivity index (χ3n) is 5.85. The minimum atomic E-state index is -0.402. The van der Waals surface area contributed by atoms with E-state index >= 15 is 0 Å². The van der Waals surface area contributed by atoms with E-state index in [9.17, 15) is 10.1 Å². The Hall–Kier alpha value is -3.98. The lowest BCUT2D eigenvalue weighted by Crippen LogP contribution is -2.36. The van der Waals surface area contributed by atoms with Crippen LogP contribution in [0.1, 0.15) is 12.8 Å². The molecule has 1 saturated heterocycles. The van der Waals surface area contributed by atoms with E-state index in [0.29, 0.717) is 24.2 Å². The molecule has 1 aliphatic heterocycles. The van der Waals surface area contributed by atoms with Crippen molar-refractivity contribution in [2.45, 2.75) is 23.1 Å². The lowest BCUT2D eigenvalue weighted by atomic mass is 10.1. The van der Waals surface area contributed by atoms with Crippen molar-refractivity contribution in [3.63, 3.8) is 0 Å².